The summed E-state index contributed by atoms with van der Waals surface area (Å²) in [5.41, 5.74) is 3.24. The number of thiocarbonyl (C=S) groups is 1. The van der Waals surface area contributed by atoms with Gasteiger partial charge in [-0.05, 0) is 36.1 Å². The molecule has 3 aromatic rings. The van der Waals surface area contributed by atoms with E-state index in [2.05, 4.69) is 24.3 Å². The van der Waals surface area contributed by atoms with Gasteiger partial charge in [0.05, 0.1) is 4.91 Å². The van der Waals surface area contributed by atoms with Crippen LogP contribution in [0.25, 0.3) is 28.5 Å². The molecular formula is C25H21NO4S2. The van der Waals surface area contributed by atoms with Crippen molar-refractivity contribution in [2.75, 3.05) is 6.54 Å². The first kappa shape index (κ1) is 22.0. The molecule has 1 aliphatic heterocycles. The molecular weight excluding hydrogens is 442 g/mol. The van der Waals surface area contributed by atoms with Gasteiger partial charge >= 0.3 is 5.97 Å². The SMILES string of the molecule is O=C(O)CCCCN1C(=O)/C(=C/c2ccc(-c3ccc(-c4ccccc4)cc3)o2)SC1=S. The minimum atomic E-state index is -0.835. The van der Waals surface area contributed by atoms with E-state index < -0.39 is 5.97 Å². The van der Waals surface area contributed by atoms with Gasteiger partial charge in [0.2, 0.25) is 0 Å². The summed E-state index contributed by atoms with van der Waals surface area (Å²) in [6, 6.07) is 22.0. The first-order valence-corrected chi connectivity index (χ1v) is 11.5. The highest BCUT2D eigenvalue weighted by Crippen LogP contribution is 2.34. The molecule has 4 rings (SSSR count). The third-order valence-electron chi connectivity index (χ3n) is 5.07. The predicted octanol–water partition coefficient (Wildman–Crippen LogP) is 6.07. The predicted molar refractivity (Wildman–Crippen MR) is 131 cm³/mol. The molecule has 2 aromatic carbocycles. The average molecular weight is 464 g/mol. The summed E-state index contributed by atoms with van der Waals surface area (Å²) >= 11 is 6.56. The standard InChI is InChI=1S/C25H21NO4S2/c27-23(28)8-4-5-15-26-24(29)22(32-25(26)31)16-20-13-14-21(30-20)19-11-9-18(10-12-19)17-6-2-1-3-7-17/h1-3,6-7,9-14,16H,4-5,8,15H2,(H,27,28)/b22-16-. The molecule has 7 heteroatoms. The lowest BCUT2D eigenvalue weighted by Gasteiger charge is -2.13. The van der Waals surface area contributed by atoms with Crippen molar-refractivity contribution < 1.29 is 19.1 Å². The molecule has 0 saturated carbocycles. The lowest BCUT2D eigenvalue weighted by atomic mass is 10.0. The van der Waals surface area contributed by atoms with Crippen molar-refractivity contribution >= 4 is 46.3 Å². The Hall–Kier alpha value is -3.16. The number of rotatable bonds is 8. The van der Waals surface area contributed by atoms with Crippen molar-refractivity contribution in [2.24, 2.45) is 0 Å². The molecule has 162 valence electrons. The van der Waals surface area contributed by atoms with Crippen LogP contribution >= 0.6 is 24.0 Å². The fraction of sp³-hybridized carbons (Fsp3) is 0.160. The monoisotopic (exact) mass is 463 g/mol. The smallest absolute Gasteiger partial charge is 0.303 e. The zero-order valence-corrected chi connectivity index (χ0v) is 18.8. The highest BCUT2D eigenvalue weighted by atomic mass is 32.2. The summed E-state index contributed by atoms with van der Waals surface area (Å²) in [7, 11) is 0. The first-order valence-electron chi connectivity index (χ1n) is 10.2. The van der Waals surface area contributed by atoms with Crippen molar-refractivity contribution in [3.63, 3.8) is 0 Å². The minimum absolute atomic E-state index is 0.0894. The van der Waals surface area contributed by atoms with Crippen LogP contribution in [0, 0.1) is 0 Å². The zero-order chi connectivity index (χ0) is 22.5. The van der Waals surface area contributed by atoms with Gasteiger partial charge in [-0.1, -0.05) is 78.6 Å². The maximum Gasteiger partial charge on any atom is 0.303 e. The van der Waals surface area contributed by atoms with Gasteiger partial charge in [0.25, 0.3) is 5.91 Å². The third kappa shape index (κ3) is 5.18. The summed E-state index contributed by atoms with van der Waals surface area (Å²) in [6.45, 7) is 0.423. The van der Waals surface area contributed by atoms with Gasteiger partial charge in [-0.15, -0.1) is 0 Å². The Morgan fingerprint density at radius 1 is 0.969 bits per heavy atom. The van der Waals surface area contributed by atoms with Gasteiger partial charge in [0.15, 0.2) is 0 Å². The highest BCUT2D eigenvalue weighted by Gasteiger charge is 2.31. The number of amides is 1. The fourth-order valence-electron chi connectivity index (χ4n) is 3.41. The number of carbonyl (C=O) groups excluding carboxylic acids is 1. The number of thioether (sulfide) groups is 1. The van der Waals surface area contributed by atoms with E-state index in [1.165, 1.54) is 16.7 Å². The number of carbonyl (C=O) groups is 2. The number of hydrogen-bond acceptors (Lipinski definition) is 5. The molecule has 1 aliphatic rings. The van der Waals surface area contributed by atoms with Gasteiger partial charge in [-0.2, -0.15) is 0 Å². The zero-order valence-electron chi connectivity index (χ0n) is 17.2. The molecule has 0 bridgehead atoms. The van der Waals surface area contributed by atoms with E-state index >= 15 is 0 Å². The topological polar surface area (TPSA) is 70.8 Å². The Kier molecular flexibility index (Phi) is 6.87. The van der Waals surface area contributed by atoms with Gasteiger partial charge in [0, 0.05) is 24.6 Å². The molecule has 1 aromatic heterocycles. The van der Waals surface area contributed by atoms with Crippen LogP contribution in [0.4, 0.5) is 0 Å². The van der Waals surface area contributed by atoms with Crippen molar-refractivity contribution in [3.05, 3.63) is 77.4 Å². The fourth-order valence-corrected chi connectivity index (χ4v) is 4.70. The summed E-state index contributed by atoms with van der Waals surface area (Å²) in [5, 5.41) is 8.74. The van der Waals surface area contributed by atoms with E-state index in [1.54, 1.807) is 6.08 Å². The molecule has 0 unspecified atom stereocenters. The van der Waals surface area contributed by atoms with Crippen molar-refractivity contribution in [1.29, 1.82) is 0 Å². The molecule has 0 aliphatic carbocycles. The number of benzene rings is 2. The Labute approximate surface area is 195 Å². The van der Waals surface area contributed by atoms with Gasteiger partial charge in [-0.3, -0.25) is 14.5 Å². The maximum absolute atomic E-state index is 12.7. The largest absolute Gasteiger partial charge is 0.481 e. The van der Waals surface area contributed by atoms with Gasteiger partial charge < -0.3 is 9.52 Å². The maximum atomic E-state index is 12.7. The number of furan rings is 1. The molecule has 0 atom stereocenters. The van der Waals surface area contributed by atoms with Crippen LogP contribution in [0.15, 0.2) is 76.1 Å². The highest BCUT2D eigenvalue weighted by molar-refractivity contribution is 8.26. The van der Waals surface area contributed by atoms with E-state index in [4.69, 9.17) is 21.7 Å². The molecule has 5 nitrogen and oxygen atoms in total. The second-order valence-corrected chi connectivity index (χ2v) is 9.01. The summed E-state index contributed by atoms with van der Waals surface area (Å²) in [4.78, 5) is 25.4. The summed E-state index contributed by atoms with van der Waals surface area (Å²) in [5.74, 6) is 0.303. The van der Waals surface area contributed by atoms with E-state index in [1.807, 2.05) is 42.5 Å². The minimum Gasteiger partial charge on any atom is -0.481 e. The molecule has 0 spiro atoms. The van der Waals surface area contributed by atoms with Crippen LogP contribution in [-0.2, 0) is 9.59 Å². The van der Waals surface area contributed by atoms with E-state index in [0.717, 1.165) is 22.5 Å². The average Bonchev–Trinajstić information content (AvgIpc) is 3.37. The van der Waals surface area contributed by atoms with Crippen LogP contribution in [0.3, 0.4) is 0 Å². The quantitative estimate of drug-likeness (QED) is 0.248. The van der Waals surface area contributed by atoms with Crippen LogP contribution in [0.5, 0.6) is 0 Å². The first-order chi connectivity index (χ1) is 15.5. The molecule has 2 heterocycles. The summed E-state index contributed by atoms with van der Waals surface area (Å²) in [6.07, 6.45) is 2.90. The van der Waals surface area contributed by atoms with Gasteiger partial charge in [-0.25, -0.2) is 0 Å². The van der Waals surface area contributed by atoms with Crippen molar-refractivity contribution in [2.45, 2.75) is 19.3 Å². The second-order valence-electron chi connectivity index (χ2n) is 7.33. The number of unbranched alkanes of at least 4 members (excludes halogenated alkanes) is 1. The Morgan fingerprint density at radius 3 is 2.38 bits per heavy atom. The van der Waals surface area contributed by atoms with E-state index in [9.17, 15) is 9.59 Å². The summed E-state index contributed by atoms with van der Waals surface area (Å²) < 4.78 is 6.44. The molecule has 1 saturated heterocycles. The second kappa shape index (κ2) is 9.97. The number of carboxylic acid groups (broad SMARTS) is 1. The normalized spacial score (nSPS) is 15.0. The Balaban J connectivity index is 1.43. The van der Waals surface area contributed by atoms with Crippen LogP contribution in [-0.4, -0.2) is 32.7 Å². The van der Waals surface area contributed by atoms with Gasteiger partial charge in [0.1, 0.15) is 15.8 Å². The van der Waals surface area contributed by atoms with Crippen LogP contribution in [0.2, 0.25) is 0 Å². The molecule has 32 heavy (non-hydrogen) atoms. The van der Waals surface area contributed by atoms with E-state index in [-0.39, 0.29) is 12.3 Å². The molecule has 1 amide bonds. The number of carboxylic acids is 1. The van der Waals surface area contributed by atoms with Crippen molar-refractivity contribution in [3.8, 4) is 22.5 Å². The lowest BCUT2D eigenvalue weighted by molar-refractivity contribution is -0.137. The molecule has 1 fully saturated rings. The Bertz CT molecular complexity index is 1170. The van der Waals surface area contributed by atoms with Crippen LogP contribution < -0.4 is 0 Å². The van der Waals surface area contributed by atoms with E-state index in [0.29, 0.717) is 34.4 Å². The number of nitrogens with zero attached hydrogens (tertiary/aromatic N) is 1. The third-order valence-corrected chi connectivity index (χ3v) is 6.45. The van der Waals surface area contributed by atoms with Crippen LogP contribution in [0.1, 0.15) is 25.0 Å². The Morgan fingerprint density at radius 2 is 1.66 bits per heavy atom. The van der Waals surface area contributed by atoms with Crippen molar-refractivity contribution in [1.82, 2.24) is 4.90 Å². The number of aliphatic carboxylic acids is 1. The lowest BCUT2D eigenvalue weighted by Crippen LogP contribution is -2.29. The molecule has 0 radical (unpaired) electrons. The number of hydrogen-bond donors (Lipinski definition) is 1. The molecule has 1 N–H and O–H groups in total.